The molecule has 0 spiro atoms. The lowest BCUT2D eigenvalue weighted by Gasteiger charge is -2.19. The first-order valence-electron chi connectivity index (χ1n) is 5.92. The summed E-state index contributed by atoms with van der Waals surface area (Å²) in [7, 11) is -2.89. The maximum atomic E-state index is 11.5. The molecule has 2 heterocycles. The zero-order chi connectivity index (χ0) is 13.2. The summed E-state index contributed by atoms with van der Waals surface area (Å²) in [5.41, 5.74) is 0.890. The second-order valence-corrected chi connectivity index (χ2v) is 7.92. The van der Waals surface area contributed by atoms with Crippen LogP contribution in [-0.2, 0) is 16.3 Å². The molecule has 1 saturated heterocycles. The van der Waals surface area contributed by atoms with E-state index in [1.54, 1.807) is 6.20 Å². The van der Waals surface area contributed by atoms with Crippen molar-refractivity contribution in [2.75, 3.05) is 18.1 Å². The fourth-order valence-corrected chi connectivity index (χ4v) is 4.53. The summed E-state index contributed by atoms with van der Waals surface area (Å²) in [5.74, 6) is 0.498. The predicted octanol–water partition coefficient (Wildman–Crippen LogP) is 1.43. The molecule has 6 heteroatoms. The standard InChI is InChI=1S/C12H16BrNO3S/c13-11-1-2-12(14-6-11)5-10(7-15)9-3-4-18(16,17)8-9/h1-2,6,9-10,15H,3-5,7-8H2. The average Bonchev–Trinajstić information content (AvgIpc) is 2.69. The summed E-state index contributed by atoms with van der Waals surface area (Å²) in [5, 5.41) is 9.44. The zero-order valence-corrected chi connectivity index (χ0v) is 12.3. The number of hydrogen-bond acceptors (Lipinski definition) is 4. The molecule has 1 N–H and O–H groups in total. The molecule has 1 aromatic heterocycles. The van der Waals surface area contributed by atoms with Gasteiger partial charge in [-0.1, -0.05) is 0 Å². The van der Waals surface area contributed by atoms with E-state index in [4.69, 9.17) is 0 Å². The molecule has 0 saturated carbocycles. The summed E-state index contributed by atoms with van der Waals surface area (Å²) < 4.78 is 23.8. The van der Waals surface area contributed by atoms with Gasteiger partial charge in [0, 0.05) is 23.0 Å². The van der Waals surface area contributed by atoms with Crippen LogP contribution in [0.25, 0.3) is 0 Å². The van der Waals surface area contributed by atoms with Crippen LogP contribution in [0.2, 0.25) is 0 Å². The van der Waals surface area contributed by atoms with E-state index in [2.05, 4.69) is 20.9 Å². The second kappa shape index (κ2) is 5.67. The van der Waals surface area contributed by atoms with Gasteiger partial charge in [0.15, 0.2) is 9.84 Å². The number of aliphatic hydroxyl groups is 1. The van der Waals surface area contributed by atoms with Gasteiger partial charge in [0.05, 0.1) is 11.5 Å². The molecular formula is C12H16BrNO3S. The minimum atomic E-state index is -2.89. The van der Waals surface area contributed by atoms with E-state index in [0.717, 1.165) is 10.2 Å². The van der Waals surface area contributed by atoms with Gasteiger partial charge < -0.3 is 5.11 Å². The van der Waals surface area contributed by atoms with Crippen LogP contribution in [0.5, 0.6) is 0 Å². The molecule has 0 amide bonds. The van der Waals surface area contributed by atoms with E-state index in [0.29, 0.717) is 12.8 Å². The van der Waals surface area contributed by atoms with Crippen molar-refractivity contribution in [3.05, 3.63) is 28.5 Å². The molecule has 18 heavy (non-hydrogen) atoms. The molecule has 2 rings (SSSR count). The molecule has 0 aromatic carbocycles. The Kier molecular flexibility index (Phi) is 4.40. The number of aromatic nitrogens is 1. The SMILES string of the molecule is O=S1(=O)CCC(C(CO)Cc2ccc(Br)cn2)C1. The van der Waals surface area contributed by atoms with Crippen molar-refractivity contribution in [2.24, 2.45) is 11.8 Å². The molecule has 1 aromatic rings. The summed E-state index contributed by atoms with van der Waals surface area (Å²) in [6.07, 6.45) is 3.00. The largest absolute Gasteiger partial charge is 0.396 e. The maximum Gasteiger partial charge on any atom is 0.150 e. The first-order valence-corrected chi connectivity index (χ1v) is 8.53. The lowest BCUT2D eigenvalue weighted by Crippen LogP contribution is -2.22. The summed E-state index contributed by atoms with van der Waals surface area (Å²) in [6, 6.07) is 3.80. The van der Waals surface area contributed by atoms with Crippen molar-refractivity contribution in [1.29, 1.82) is 0 Å². The van der Waals surface area contributed by atoms with Gasteiger partial charge in [-0.15, -0.1) is 0 Å². The van der Waals surface area contributed by atoms with Gasteiger partial charge >= 0.3 is 0 Å². The van der Waals surface area contributed by atoms with E-state index < -0.39 is 9.84 Å². The number of nitrogens with zero attached hydrogens (tertiary/aromatic N) is 1. The van der Waals surface area contributed by atoms with Crippen LogP contribution in [0.4, 0.5) is 0 Å². The van der Waals surface area contributed by atoms with Crippen LogP contribution in [0.3, 0.4) is 0 Å². The van der Waals surface area contributed by atoms with Crippen molar-refractivity contribution in [2.45, 2.75) is 12.8 Å². The molecule has 1 fully saturated rings. The highest BCUT2D eigenvalue weighted by molar-refractivity contribution is 9.10. The fourth-order valence-electron chi connectivity index (χ4n) is 2.37. The average molecular weight is 334 g/mol. The number of pyridine rings is 1. The lowest BCUT2D eigenvalue weighted by atomic mass is 9.88. The summed E-state index contributed by atoms with van der Waals surface area (Å²) >= 11 is 3.32. The minimum absolute atomic E-state index is 0.0118. The van der Waals surface area contributed by atoms with Crippen LogP contribution >= 0.6 is 15.9 Å². The molecule has 0 bridgehead atoms. The van der Waals surface area contributed by atoms with Crippen molar-refractivity contribution < 1.29 is 13.5 Å². The van der Waals surface area contributed by atoms with E-state index in [1.807, 2.05) is 12.1 Å². The van der Waals surface area contributed by atoms with Crippen LogP contribution in [-0.4, -0.2) is 36.6 Å². The predicted molar refractivity (Wildman–Crippen MR) is 73.0 cm³/mol. The Bertz CT molecular complexity index is 501. The smallest absolute Gasteiger partial charge is 0.150 e. The van der Waals surface area contributed by atoms with E-state index in [1.165, 1.54) is 0 Å². The highest BCUT2D eigenvalue weighted by Gasteiger charge is 2.33. The first kappa shape index (κ1) is 14.0. The number of halogens is 1. The van der Waals surface area contributed by atoms with Crippen molar-refractivity contribution in [1.82, 2.24) is 4.98 Å². The molecule has 2 unspecified atom stereocenters. The maximum absolute atomic E-state index is 11.5. The topological polar surface area (TPSA) is 67.3 Å². The van der Waals surface area contributed by atoms with Crippen molar-refractivity contribution in [3.8, 4) is 0 Å². The van der Waals surface area contributed by atoms with Gasteiger partial charge in [-0.2, -0.15) is 0 Å². The lowest BCUT2D eigenvalue weighted by molar-refractivity contribution is 0.183. The van der Waals surface area contributed by atoms with E-state index in [-0.39, 0.29) is 29.9 Å². The Balaban J connectivity index is 2.04. The number of sulfone groups is 1. The molecule has 2 atom stereocenters. The number of rotatable bonds is 4. The third kappa shape index (κ3) is 3.52. The molecular weight excluding hydrogens is 318 g/mol. The van der Waals surface area contributed by atoms with Gasteiger partial charge in [-0.3, -0.25) is 4.98 Å². The van der Waals surface area contributed by atoms with Gasteiger partial charge in [0.2, 0.25) is 0 Å². The molecule has 1 aliphatic heterocycles. The molecule has 4 nitrogen and oxygen atoms in total. The quantitative estimate of drug-likeness (QED) is 0.905. The highest BCUT2D eigenvalue weighted by atomic mass is 79.9. The highest BCUT2D eigenvalue weighted by Crippen LogP contribution is 2.28. The van der Waals surface area contributed by atoms with Crippen LogP contribution in [0.15, 0.2) is 22.8 Å². The van der Waals surface area contributed by atoms with E-state index >= 15 is 0 Å². The summed E-state index contributed by atoms with van der Waals surface area (Å²) in [4.78, 5) is 4.27. The summed E-state index contributed by atoms with van der Waals surface area (Å²) in [6.45, 7) is 0.0118. The second-order valence-electron chi connectivity index (χ2n) is 4.78. The molecule has 100 valence electrons. The Hall–Kier alpha value is -0.460. The van der Waals surface area contributed by atoms with Crippen LogP contribution < -0.4 is 0 Å². The Morgan fingerprint density at radius 2 is 2.28 bits per heavy atom. The van der Waals surface area contributed by atoms with Crippen molar-refractivity contribution >= 4 is 25.8 Å². The first-order chi connectivity index (χ1) is 8.50. The number of hydrogen-bond donors (Lipinski definition) is 1. The molecule has 0 aliphatic carbocycles. The van der Waals surface area contributed by atoms with Gasteiger partial charge in [0.1, 0.15) is 0 Å². The Morgan fingerprint density at radius 1 is 1.50 bits per heavy atom. The van der Waals surface area contributed by atoms with Crippen molar-refractivity contribution in [3.63, 3.8) is 0 Å². The monoisotopic (exact) mass is 333 g/mol. The minimum Gasteiger partial charge on any atom is -0.396 e. The molecule has 0 radical (unpaired) electrons. The Labute approximate surface area is 115 Å². The zero-order valence-electron chi connectivity index (χ0n) is 9.92. The molecule has 1 aliphatic rings. The normalized spacial score (nSPS) is 24.0. The van der Waals surface area contributed by atoms with Gasteiger partial charge in [0.25, 0.3) is 0 Å². The van der Waals surface area contributed by atoms with Gasteiger partial charge in [-0.05, 0) is 52.7 Å². The van der Waals surface area contributed by atoms with Crippen LogP contribution in [0.1, 0.15) is 12.1 Å². The third-order valence-corrected chi connectivity index (χ3v) is 5.69. The number of aliphatic hydroxyl groups excluding tert-OH is 1. The van der Waals surface area contributed by atoms with Crippen LogP contribution in [0, 0.1) is 11.8 Å². The Morgan fingerprint density at radius 3 is 2.78 bits per heavy atom. The third-order valence-electron chi connectivity index (χ3n) is 3.43. The van der Waals surface area contributed by atoms with Gasteiger partial charge in [-0.25, -0.2) is 8.42 Å². The van der Waals surface area contributed by atoms with E-state index in [9.17, 15) is 13.5 Å². The fraction of sp³-hybridized carbons (Fsp3) is 0.583.